The molecule has 3 aromatic rings. The van der Waals surface area contributed by atoms with Crippen LogP contribution in [0.15, 0.2) is 79.0 Å². The van der Waals surface area contributed by atoms with Crippen LogP contribution < -0.4 is 21.7 Å². The molecule has 0 spiro atoms. The molecule has 10 nitrogen and oxygen atoms in total. The standard InChI is InChI=1S/C32H36F3N5O5/c33-32(34,35)31(44)45-29(42)21-26(24-16-14-23(15-17-24)22-9-2-1-3-10-22)40-30(43)25(11-8-18-36)39-28(41)13-5-7-20-38-27-12-4-6-19-37-27/h1-4,6,9-10,12,14-17,19,25-26H,5,7-8,11,13,18,20-21,36H2,(H,37,38)(H,39,41)(H,40,43)/t25-,26?/m0/s1. The molecule has 0 bridgehead atoms. The molecule has 45 heavy (non-hydrogen) atoms. The zero-order valence-electron chi connectivity index (χ0n) is 24.5. The molecular formula is C32H36F3N5O5. The number of carbonyl (C=O) groups excluding carboxylic acids is 4. The Morgan fingerprint density at radius 2 is 1.53 bits per heavy atom. The fourth-order valence-electron chi connectivity index (χ4n) is 4.38. The smallest absolute Gasteiger partial charge is 0.386 e. The van der Waals surface area contributed by atoms with Gasteiger partial charge in [-0.15, -0.1) is 0 Å². The number of pyridine rings is 1. The molecule has 0 aliphatic heterocycles. The van der Waals surface area contributed by atoms with Gasteiger partial charge in [-0.25, -0.2) is 9.78 Å². The Balaban J connectivity index is 1.67. The van der Waals surface area contributed by atoms with E-state index in [0.29, 0.717) is 31.4 Å². The minimum absolute atomic E-state index is 0.145. The van der Waals surface area contributed by atoms with E-state index in [1.165, 1.54) is 0 Å². The van der Waals surface area contributed by atoms with Gasteiger partial charge in [0.1, 0.15) is 11.9 Å². The highest BCUT2D eigenvalue weighted by Gasteiger charge is 2.42. The number of nitrogens with zero attached hydrogens (tertiary/aromatic N) is 1. The van der Waals surface area contributed by atoms with Gasteiger partial charge in [0.15, 0.2) is 0 Å². The molecule has 240 valence electrons. The molecule has 0 saturated heterocycles. The molecule has 3 rings (SSSR count). The van der Waals surface area contributed by atoms with Crippen LogP contribution in [0.3, 0.4) is 0 Å². The molecule has 13 heteroatoms. The number of alkyl halides is 3. The fourth-order valence-corrected chi connectivity index (χ4v) is 4.38. The van der Waals surface area contributed by atoms with E-state index in [-0.39, 0.29) is 25.3 Å². The van der Waals surface area contributed by atoms with E-state index in [9.17, 15) is 32.3 Å². The predicted molar refractivity (Wildman–Crippen MR) is 161 cm³/mol. The Hall–Kier alpha value is -4.78. The third-order valence-electron chi connectivity index (χ3n) is 6.70. The predicted octanol–water partition coefficient (Wildman–Crippen LogP) is 4.43. The summed E-state index contributed by atoms with van der Waals surface area (Å²) in [6.07, 6.45) is -2.53. The SMILES string of the molecule is NCCC[C@H](NC(=O)CCCCNc1ccccn1)C(=O)NC(CC(=O)OC(=O)C(F)(F)F)c1ccc(-c2ccccc2)cc1. The van der Waals surface area contributed by atoms with E-state index >= 15 is 0 Å². The number of esters is 2. The molecule has 0 saturated carbocycles. The highest BCUT2D eigenvalue weighted by molar-refractivity contribution is 5.90. The highest BCUT2D eigenvalue weighted by atomic mass is 19.4. The van der Waals surface area contributed by atoms with Crippen LogP contribution in [-0.4, -0.2) is 54.0 Å². The molecular weight excluding hydrogens is 591 g/mol. The Morgan fingerprint density at radius 3 is 2.18 bits per heavy atom. The topological polar surface area (TPSA) is 153 Å². The number of ether oxygens (including phenoxy) is 1. The van der Waals surface area contributed by atoms with Crippen molar-refractivity contribution in [2.24, 2.45) is 5.73 Å². The molecule has 2 amide bonds. The quantitative estimate of drug-likeness (QED) is 0.103. The van der Waals surface area contributed by atoms with Crippen molar-refractivity contribution in [2.75, 3.05) is 18.4 Å². The van der Waals surface area contributed by atoms with Crippen molar-refractivity contribution in [1.29, 1.82) is 0 Å². The number of benzene rings is 2. The summed E-state index contributed by atoms with van der Waals surface area (Å²) in [5.41, 5.74) is 7.73. The molecule has 2 atom stereocenters. The van der Waals surface area contributed by atoms with Crippen LogP contribution in [0.5, 0.6) is 0 Å². The minimum Gasteiger partial charge on any atom is -0.386 e. The number of unbranched alkanes of at least 4 members (excludes halogenated alkanes) is 1. The average molecular weight is 628 g/mol. The van der Waals surface area contributed by atoms with Crippen molar-refractivity contribution in [2.45, 2.75) is 56.8 Å². The normalized spacial score (nSPS) is 12.4. The lowest BCUT2D eigenvalue weighted by molar-refractivity contribution is -0.202. The summed E-state index contributed by atoms with van der Waals surface area (Å²) in [5, 5.41) is 8.48. The number of nitrogens with one attached hydrogen (secondary N) is 3. The number of halogens is 3. The van der Waals surface area contributed by atoms with Crippen LogP contribution in [0.1, 0.15) is 50.1 Å². The van der Waals surface area contributed by atoms with Crippen molar-refractivity contribution >= 4 is 29.6 Å². The number of carbonyl (C=O) groups is 4. The number of hydrogen-bond donors (Lipinski definition) is 4. The van der Waals surface area contributed by atoms with Gasteiger partial charge in [0.25, 0.3) is 0 Å². The molecule has 1 aromatic heterocycles. The van der Waals surface area contributed by atoms with Gasteiger partial charge in [-0.3, -0.25) is 14.4 Å². The van der Waals surface area contributed by atoms with Gasteiger partial charge < -0.3 is 26.4 Å². The van der Waals surface area contributed by atoms with E-state index in [1.807, 2.05) is 42.5 Å². The first-order valence-electron chi connectivity index (χ1n) is 14.5. The number of anilines is 1. The van der Waals surface area contributed by atoms with Crippen molar-refractivity contribution < 1.29 is 37.1 Å². The first kappa shape index (κ1) is 34.7. The Bertz CT molecular complexity index is 1390. The number of rotatable bonds is 16. The Labute approximate surface area is 258 Å². The van der Waals surface area contributed by atoms with Crippen molar-refractivity contribution in [1.82, 2.24) is 15.6 Å². The zero-order valence-corrected chi connectivity index (χ0v) is 24.5. The van der Waals surface area contributed by atoms with Crippen LogP contribution in [0.25, 0.3) is 11.1 Å². The van der Waals surface area contributed by atoms with Crippen molar-refractivity contribution in [3.05, 3.63) is 84.6 Å². The lowest BCUT2D eigenvalue weighted by Crippen LogP contribution is -2.48. The average Bonchev–Trinajstić information content (AvgIpc) is 3.03. The molecule has 0 aliphatic rings. The molecule has 0 fully saturated rings. The lowest BCUT2D eigenvalue weighted by atomic mass is 9.98. The summed E-state index contributed by atoms with van der Waals surface area (Å²) >= 11 is 0. The third kappa shape index (κ3) is 12.0. The van der Waals surface area contributed by atoms with Gasteiger partial charge in [0, 0.05) is 19.2 Å². The number of nitrogens with two attached hydrogens (primary N) is 1. The third-order valence-corrected chi connectivity index (χ3v) is 6.70. The van der Waals surface area contributed by atoms with Crippen molar-refractivity contribution in [3.63, 3.8) is 0 Å². The summed E-state index contributed by atoms with van der Waals surface area (Å²) in [7, 11) is 0. The largest absolute Gasteiger partial charge is 0.491 e. The number of amides is 2. The summed E-state index contributed by atoms with van der Waals surface area (Å²) in [4.78, 5) is 53.8. The lowest BCUT2D eigenvalue weighted by Gasteiger charge is -2.24. The molecule has 2 aromatic carbocycles. The molecule has 0 radical (unpaired) electrons. The van der Waals surface area contributed by atoms with Gasteiger partial charge in [-0.1, -0.05) is 60.7 Å². The summed E-state index contributed by atoms with van der Waals surface area (Å²) in [6, 6.07) is 19.3. The van der Waals surface area contributed by atoms with Crippen LogP contribution in [-0.2, 0) is 23.9 Å². The highest BCUT2D eigenvalue weighted by Crippen LogP contribution is 2.25. The monoisotopic (exact) mass is 627 g/mol. The van der Waals surface area contributed by atoms with E-state index < -0.39 is 42.5 Å². The zero-order chi connectivity index (χ0) is 32.7. The molecule has 5 N–H and O–H groups in total. The fraction of sp³-hybridized carbons (Fsp3) is 0.344. The van der Waals surface area contributed by atoms with Gasteiger partial charge in [-0.05, 0) is 61.1 Å². The van der Waals surface area contributed by atoms with E-state index in [2.05, 4.69) is 25.7 Å². The maximum atomic E-state index is 13.4. The van der Waals surface area contributed by atoms with Crippen LogP contribution in [0, 0.1) is 0 Å². The molecule has 0 aliphatic carbocycles. The number of aromatic nitrogens is 1. The van der Waals surface area contributed by atoms with Crippen molar-refractivity contribution in [3.8, 4) is 11.1 Å². The summed E-state index contributed by atoms with van der Waals surface area (Å²) < 4.78 is 42.0. The van der Waals surface area contributed by atoms with E-state index in [1.54, 1.807) is 36.5 Å². The van der Waals surface area contributed by atoms with Gasteiger partial charge in [0.2, 0.25) is 11.8 Å². The maximum Gasteiger partial charge on any atom is 0.491 e. The summed E-state index contributed by atoms with van der Waals surface area (Å²) in [6.45, 7) is 0.841. The van der Waals surface area contributed by atoms with Gasteiger partial charge >= 0.3 is 18.1 Å². The second kappa shape index (κ2) is 17.5. The first-order valence-corrected chi connectivity index (χ1v) is 14.5. The van der Waals surface area contributed by atoms with E-state index in [4.69, 9.17) is 5.73 Å². The van der Waals surface area contributed by atoms with Gasteiger partial charge in [0.05, 0.1) is 12.5 Å². The second-order valence-corrected chi connectivity index (χ2v) is 10.2. The van der Waals surface area contributed by atoms with Crippen LogP contribution >= 0.6 is 0 Å². The van der Waals surface area contributed by atoms with Gasteiger partial charge in [-0.2, -0.15) is 13.2 Å². The number of hydrogen-bond acceptors (Lipinski definition) is 8. The Morgan fingerprint density at radius 1 is 0.844 bits per heavy atom. The molecule has 1 unspecified atom stereocenters. The second-order valence-electron chi connectivity index (χ2n) is 10.2. The summed E-state index contributed by atoms with van der Waals surface area (Å²) in [5.74, 6) is -4.45. The molecule has 1 heterocycles. The first-order chi connectivity index (χ1) is 21.6. The van der Waals surface area contributed by atoms with Crippen LogP contribution in [0.4, 0.5) is 19.0 Å². The van der Waals surface area contributed by atoms with Crippen LogP contribution in [0.2, 0.25) is 0 Å². The minimum atomic E-state index is -5.36. The van der Waals surface area contributed by atoms with E-state index in [0.717, 1.165) is 16.9 Å². The Kier molecular flexibility index (Phi) is 13.5. The maximum absolute atomic E-state index is 13.4.